The average Bonchev–Trinajstić information content (AvgIpc) is 2.63. The molecule has 1 saturated carbocycles. The summed E-state index contributed by atoms with van der Waals surface area (Å²) in [5.41, 5.74) is 2.14. The Morgan fingerprint density at radius 2 is 2.08 bits per heavy atom. The van der Waals surface area contributed by atoms with Crippen LogP contribution < -0.4 is 5.32 Å². The summed E-state index contributed by atoms with van der Waals surface area (Å²) in [7, 11) is 1.80. The van der Waals surface area contributed by atoms with Crippen molar-refractivity contribution >= 4 is 16.9 Å². The van der Waals surface area contributed by atoms with Gasteiger partial charge >= 0.3 is 6.03 Å². The third-order valence-electron chi connectivity index (χ3n) is 5.11. The smallest absolute Gasteiger partial charge is 0.317 e. The van der Waals surface area contributed by atoms with Gasteiger partial charge in [-0.15, -0.1) is 0 Å². The van der Waals surface area contributed by atoms with Gasteiger partial charge in [0.15, 0.2) is 0 Å². The summed E-state index contributed by atoms with van der Waals surface area (Å²) in [4.78, 5) is 18.4. The van der Waals surface area contributed by atoms with Crippen molar-refractivity contribution in [3.63, 3.8) is 0 Å². The molecule has 25 heavy (non-hydrogen) atoms. The largest absolute Gasteiger partial charge is 0.393 e. The number of fused-ring (bicyclic) bond motifs is 1. The lowest BCUT2D eigenvalue weighted by Gasteiger charge is -2.31. The lowest BCUT2D eigenvalue weighted by atomic mass is 9.86. The van der Waals surface area contributed by atoms with E-state index >= 15 is 0 Å². The predicted molar refractivity (Wildman–Crippen MR) is 99.4 cm³/mol. The van der Waals surface area contributed by atoms with Gasteiger partial charge in [-0.2, -0.15) is 0 Å². The zero-order valence-electron chi connectivity index (χ0n) is 14.8. The number of benzene rings is 1. The SMILES string of the molecule is CN(CC1CCCCC1O)C(=O)NCCc1cccc2cccnc12. The molecular formula is C20H27N3O2. The van der Waals surface area contributed by atoms with Gasteiger partial charge in [-0.05, 0) is 30.9 Å². The van der Waals surface area contributed by atoms with Gasteiger partial charge in [-0.1, -0.05) is 37.1 Å². The molecule has 0 radical (unpaired) electrons. The van der Waals surface area contributed by atoms with Crippen LogP contribution in [0, 0.1) is 5.92 Å². The van der Waals surface area contributed by atoms with Crippen LogP contribution in [0.3, 0.4) is 0 Å². The third-order valence-corrected chi connectivity index (χ3v) is 5.11. The van der Waals surface area contributed by atoms with Crippen LogP contribution in [0.5, 0.6) is 0 Å². The van der Waals surface area contributed by atoms with Gasteiger partial charge in [0.25, 0.3) is 0 Å². The number of carbonyl (C=O) groups is 1. The van der Waals surface area contributed by atoms with Crippen LogP contribution in [0.4, 0.5) is 4.79 Å². The zero-order chi connectivity index (χ0) is 17.6. The highest BCUT2D eigenvalue weighted by Crippen LogP contribution is 2.24. The molecule has 1 aliphatic rings. The highest BCUT2D eigenvalue weighted by molar-refractivity contribution is 5.81. The van der Waals surface area contributed by atoms with E-state index in [4.69, 9.17) is 0 Å². The van der Waals surface area contributed by atoms with Crippen LogP contribution in [0.1, 0.15) is 31.2 Å². The van der Waals surface area contributed by atoms with E-state index in [1.165, 1.54) is 0 Å². The number of pyridine rings is 1. The molecule has 5 heteroatoms. The molecule has 1 heterocycles. The molecule has 0 aliphatic heterocycles. The Balaban J connectivity index is 1.50. The molecular weight excluding hydrogens is 314 g/mol. The first-order valence-corrected chi connectivity index (χ1v) is 9.15. The Bertz CT molecular complexity index is 714. The van der Waals surface area contributed by atoms with Crippen molar-refractivity contribution in [2.45, 2.75) is 38.2 Å². The fourth-order valence-corrected chi connectivity index (χ4v) is 3.64. The van der Waals surface area contributed by atoms with Gasteiger partial charge in [0.1, 0.15) is 0 Å². The molecule has 1 aromatic heterocycles. The number of carbonyl (C=O) groups excluding carboxylic acids is 1. The molecule has 2 N–H and O–H groups in total. The fraction of sp³-hybridized carbons (Fsp3) is 0.500. The molecule has 0 spiro atoms. The van der Waals surface area contributed by atoms with Crippen LogP contribution in [-0.2, 0) is 6.42 Å². The summed E-state index contributed by atoms with van der Waals surface area (Å²) in [6.45, 7) is 1.19. The molecule has 0 bridgehead atoms. The molecule has 1 aliphatic carbocycles. The number of para-hydroxylation sites is 1. The van der Waals surface area contributed by atoms with Crippen molar-refractivity contribution in [3.05, 3.63) is 42.1 Å². The first-order chi connectivity index (χ1) is 12.1. The number of nitrogens with one attached hydrogen (secondary N) is 1. The van der Waals surface area contributed by atoms with Crippen molar-refractivity contribution in [1.82, 2.24) is 15.2 Å². The highest BCUT2D eigenvalue weighted by Gasteiger charge is 2.25. The molecule has 2 aromatic rings. The lowest BCUT2D eigenvalue weighted by Crippen LogP contribution is -2.43. The van der Waals surface area contributed by atoms with E-state index in [-0.39, 0.29) is 18.1 Å². The summed E-state index contributed by atoms with van der Waals surface area (Å²) >= 11 is 0. The monoisotopic (exact) mass is 341 g/mol. The molecule has 2 atom stereocenters. The molecule has 2 amide bonds. The average molecular weight is 341 g/mol. The number of hydrogen-bond acceptors (Lipinski definition) is 3. The number of nitrogens with zero attached hydrogens (tertiary/aromatic N) is 2. The second-order valence-corrected chi connectivity index (χ2v) is 6.97. The molecule has 1 aromatic carbocycles. The third kappa shape index (κ3) is 4.48. The van der Waals surface area contributed by atoms with E-state index < -0.39 is 0 Å². The summed E-state index contributed by atoms with van der Waals surface area (Å²) in [5, 5.41) is 14.2. The second-order valence-electron chi connectivity index (χ2n) is 6.97. The van der Waals surface area contributed by atoms with E-state index in [0.717, 1.165) is 48.6 Å². The molecule has 0 saturated heterocycles. The Labute approximate surface area is 149 Å². The number of hydrogen-bond donors (Lipinski definition) is 2. The zero-order valence-corrected chi connectivity index (χ0v) is 14.8. The van der Waals surface area contributed by atoms with Crippen LogP contribution in [-0.4, -0.2) is 47.3 Å². The van der Waals surface area contributed by atoms with Gasteiger partial charge in [-0.3, -0.25) is 4.98 Å². The maximum absolute atomic E-state index is 12.3. The number of rotatable bonds is 5. The second kappa shape index (κ2) is 8.30. The van der Waals surface area contributed by atoms with Crippen LogP contribution in [0.15, 0.2) is 36.5 Å². The Morgan fingerprint density at radius 1 is 1.28 bits per heavy atom. The summed E-state index contributed by atoms with van der Waals surface area (Å²) in [6.07, 6.45) is 6.37. The van der Waals surface area contributed by atoms with Crippen molar-refractivity contribution < 1.29 is 9.90 Å². The predicted octanol–water partition coefficient (Wildman–Crippen LogP) is 2.97. The molecule has 134 valence electrons. The lowest BCUT2D eigenvalue weighted by molar-refractivity contribution is 0.0565. The van der Waals surface area contributed by atoms with Crippen molar-refractivity contribution in [2.24, 2.45) is 5.92 Å². The van der Waals surface area contributed by atoms with Gasteiger partial charge < -0.3 is 15.3 Å². The molecule has 5 nitrogen and oxygen atoms in total. The maximum Gasteiger partial charge on any atom is 0.317 e. The molecule has 2 unspecified atom stereocenters. The van der Waals surface area contributed by atoms with E-state index in [1.807, 2.05) is 24.3 Å². The van der Waals surface area contributed by atoms with Gasteiger partial charge in [0, 0.05) is 37.6 Å². The Hall–Kier alpha value is -2.14. The topological polar surface area (TPSA) is 65.5 Å². The number of aliphatic hydroxyl groups excluding tert-OH is 1. The van der Waals surface area contributed by atoms with Crippen LogP contribution in [0.25, 0.3) is 10.9 Å². The normalized spacial score (nSPS) is 20.4. The summed E-state index contributed by atoms with van der Waals surface area (Å²) in [5.74, 6) is 0.201. The van der Waals surface area contributed by atoms with Crippen LogP contribution >= 0.6 is 0 Å². The van der Waals surface area contributed by atoms with Gasteiger partial charge in [0.05, 0.1) is 11.6 Å². The quantitative estimate of drug-likeness (QED) is 0.879. The standard InChI is InChI=1S/C20H27N3O2/c1-23(14-17-6-2-3-10-18(17)24)20(25)22-13-11-16-8-4-7-15-9-5-12-21-19(15)16/h4-5,7-9,12,17-18,24H,2-3,6,10-11,13-14H2,1H3,(H,22,25). The van der Waals surface area contributed by atoms with E-state index in [2.05, 4.69) is 16.4 Å². The fourth-order valence-electron chi connectivity index (χ4n) is 3.64. The minimum atomic E-state index is -0.272. The Kier molecular flexibility index (Phi) is 5.87. The summed E-state index contributed by atoms with van der Waals surface area (Å²) < 4.78 is 0. The molecule has 3 rings (SSSR count). The van der Waals surface area contributed by atoms with Crippen molar-refractivity contribution in [2.75, 3.05) is 20.1 Å². The number of aromatic nitrogens is 1. The van der Waals surface area contributed by atoms with Crippen molar-refractivity contribution in [3.8, 4) is 0 Å². The highest BCUT2D eigenvalue weighted by atomic mass is 16.3. The number of amides is 2. The first kappa shape index (κ1) is 17.7. The minimum absolute atomic E-state index is 0.0778. The van der Waals surface area contributed by atoms with Gasteiger partial charge in [-0.25, -0.2) is 4.79 Å². The number of urea groups is 1. The van der Waals surface area contributed by atoms with Gasteiger partial charge in [0.2, 0.25) is 0 Å². The van der Waals surface area contributed by atoms with E-state index in [0.29, 0.717) is 13.1 Å². The Morgan fingerprint density at radius 3 is 2.92 bits per heavy atom. The van der Waals surface area contributed by atoms with E-state index in [1.54, 1.807) is 18.1 Å². The minimum Gasteiger partial charge on any atom is -0.393 e. The maximum atomic E-state index is 12.3. The molecule has 1 fully saturated rings. The summed E-state index contributed by atoms with van der Waals surface area (Å²) in [6, 6.07) is 10.0. The van der Waals surface area contributed by atoms with Crippen molar-refractivity contribution in [1.29, 1.82) is 0 Å². The first-order valence-electron chi connectivity index (χ1n) is 9.15. The van der Waals surface area contributed by atoms with E-state index in [9.17, 15) is 9.90 Å². The number of aliphatic hydroxyl groups is 1. The van der Waals surface area contributed by atoms with Crippen LogP contribution in [0.2, 0.25) is 0 Å².